The first-order valence-electron chi connectivity index (χ1n) is 7.28. The van der Waals surface area contributed by atoms with Crippen molar-refractivity contribution >= 4 is 11.6 Å². The summed E-state index contributed by atoms with van der Waals surface area (Å²) in [6.07, 6.45) is 8.58. The van der Waals surface area contributed by atoms with Gasteiger partial charge in [0.15, 0.2) is 0 Å². The lowest BCUT2D eigenvalue weighted by molar-refractivity contribution is 0.470. The first-order chi connectivity index (χ1) is 9.99. The fourth-order valence-corrected chi connectivity index (χ4v) is 3.36. The number of rotatable bonds is 0. The molecule has 1 aromatic rings. The number of hydrogen-bond acceptors (Lipinski definition) is 1. The molecule has 0 unspecified atom stereocenters. The van der Waals surface area contributed by atoms with Crippen molar-refractivity contribution in [1.29, 1.82) is 0 Å². The summed E-state index contributed by atoms with van der Waals surface area (Å²) in [7, 11) is 0. The number of aromatic hydroxyl groups is 1. The van der Waals surface area contributed by atoms with Crippen molar-refractivity contribution in [3.63, 3.8) is 0 Å². The van der Waals surface area contributed by atoms with Crippen LogP contribution in [0.2, 0.25) is 0 Å². The second-order valence-corrected chi connectivity index (χ2v) is 5.90. The molecule has 2 aliphatic carbocycles. The maximum Gasteiger partial charge on any atom is 0.123 e. The predicted molar refractivity (Wildman–Crippen MR) is 89.2 cm³/mol. The van der Waals surface area contributed by atoms with Gasteiger partial charge in [0, 0.05) is 5.22 Å². The predicted octanol–water partition coefficient (Wildman–Crippen LogP) is 3.51. The van der Waals surface area contributed by atoms with Crippen LogP contribution in [0.3, 0.4) is 0 Å². The van der Waals surface area contributed by atoms with Gasteiger partial charge in [-0.15, -0.1) is 0 Å². The van der Waals surface area contributed by atoms with Crippen LogP contribution in [-0.2, 0) is 0 Å². The van der Waals surface area contributed by atoms with Crippen LogP contribution in [-0.4, -0.2) is 5.11 Å². The van der Waals surface area contributed by atoms with Crippen LogP contribution in [0.4, 0.5) is 0 Å². The SMILES string of the molecule is CC1=CC(C)=C2C(C)=CC=c3c(O)cccc3=C2C(C)=C1. The second-order valence-electron chi connectivity index (χ2n) is 5.90. The number of allylic oxidation sites excluding steroid dienone is 8. The fraction of sp³-hybridized carbons (Fsp3) is 0.200. The minimum atomic E-state index is 0.338. The number of hydrogen-bond donors (Lipinski definition) is 1. The Labute approximate surface area is 125 Å². The lowest BCUT2D eigenvalue weighted by Gasteiger charge is -2.14. The topological polar surface area (TPSA) is 20.2 Å². The highest BCUT2D eigenvalue weighted by molar-refractivity contribution is 5.87. The monoisotopic (exact) mass is 276 g/mol. The number of phenolic OH excluding ortho intramolecular Hbond substituents is 1. The third kappa shape index (κ3) is 2.19. The summed E-state index contributed by atoms with van der Waals surface area (Å²) >= 11 is 0. The first-order valence-corrected chi connectivity index (χ1v) is 7.28. The number of phenols is 1. The summed E-state index contributed by atoms with van der Waals surface area (Å²) in [5, 5.41) is 12.2. The standard InChI is InChI=1S/C20H20O/c1-12-10-14(3)19-13(2)8-9-16-17(6-5-7-18(16)21)20(19)15(4)11-12/h5-11,21H,1-4H3. The fourth-order valence-electron chi connectivity index (χ4n) is 3.36. The molecule has 0 heterocycles. The van der Waals surface area contributed by atoms with Gasteiger partial charge < -0.3 is 5.11 Å². The van der Waals surface area contributed by atoms with E-state index >= 15 is 0 Å². The van der Waals surface area contributed by atoms with Crippen molar-refractivity contribution < 1.29 is 5.11 Å². The summed E-state index contributed by atoms with van der Waals surface area (Å²) in [6.45, 7) is 8.59. The zero-order valence-corrected chi connectivity index (χ0v) is 13.0. The van der Waals surface area contributed by atoms with E-state index in [1.54, 1.807) is 6.07 Å². The molecule has 106 valence electrons. The van der Waals surface area contributed by atoms with Crippen molar-refractivity contribution in [2.45, 2.75) is 27.7 Å². The summed E-state index contributed by atoms with van der Waals surface area (Å²) < 4.78 is 0. The van der Waals surface area contributed by atoms with Crippen LogP contribution >= 0.6 is 0 Å². The van der Waals surface area contributed by atoms with Gasteiger partial charge in [0.05, 0.1) is 0 Å². The lowest BCUT2D eigenvalue weighted by Crippen LogP contribution is -2.27. The Kier molecular flexibility index (Phi) is 3.21. The van der Waals surface area contributed by atoms with Gasteiger partial charge in [0.2, 0.25) is 0 Å². The summed E-state index contributed by atoms with van der Waals surface area (Å²) in [6, 6.07) is 5.76. The Morgan fingerprint density at radius 1 is 0.810 bits per heavy atom. The van der Waals surface area contributed by atoms with Gasteiger partial charge in [-0.05, 0) is 66.8 Å². The van der Waals surface area contributed by atoms with Gasteiger partial charge >= 0.3 is 0 Å². The zero-order chi connectivity index (χ0) is 15.1. The molecule has 21 heavy (non-hydrogen) atoms. The van der Waals surface area contributed by atoms with Crippen LogP contribution < -0.4 is 10.4 Å². The van der Waals surface area contributed by atoms with E-state index < -0.39 is 0 Å². The highest BCUT2D eigenvalue weighted by Crippen LogP contribution is 2.33. The molecule has 1 N–H and O–H groups in total. The van der Waals surface area contributed by atoms with E-state index in [2.05, 4.69) is 52.0 Å². The van der Waals surface area contributed by atoms with E-state index in [9.17, 15) is 5.11 Å². The zero-order valence-electron chi connectivity index (χ0n) is 13.0. The average molecular weight is 276 g/mol. The van der Waals surface area contributed by atoms with E-state index in [0.717, 1.165) is 10.4 Å². The number of benzene rings is 1. The van der Waals surface area contributed by atoms with Crippen molar-refractivity contribution in [3.05, 3.63) is 74.7 Å². The van der Waals surface area contributed by atoms with Crippen molar-refractivity contribution in [3.8, 4) is 5.75 Å². The lowest BCUT2D eigenvalue weighted by atomic mass is 9.90. The quantitative estimate of drug-likeness (QED) is 0.769. The summed E-state index contributed by atoms with van der Waals surface area (Å²) in [5.41, 5.74) is 7.52. The van der Waals surface area contributed by atoms with Crippen LogP contribution in [0.5, 0.6) is 5.75 Å². The molecule has 0 amide bonds. The molecule has 0 fully saturated rings. The molecule has 0 radical (unpaired) electrons. The smallest absolute Gasteiger partial charge is 0.123 e. The molecule has 0 bridgehead atoms. The number of fused-ring (bicyclic) bond motifs is 2. The van der Waals surface area contributed by atoms with Gasteiger partial charge in [0.25, 0.3) is 0 Å². The minimum absolute atomic E-state index is 0.338. The highest BCUT2D eigenvalue weighted by Gasteiger charge is 2.18. The van der Waals surface area contributed by atoms with E-state index in [1.807, 2.05) is 12.1 Å². The van der Waals surface area contributed by atoms with Crippen LogP contribution in [0.1, 0.15) is 27.7 Å². The Morgan fingerprint density at radius 2 is 1.57 bits per heavy atom. The van der Waals surface area contributed by atoms with Gasteiger partial charge in [-0.25, -0.2) is 0 Å². The van der Waals surface area contributed by atoms with Gasteiger partial charge in [0.1, 0.15) is 5.75 Å². The van der Waals surface area contributed by atoms with E-state index in [-0.39, 0.29) is 0 Å². The Morgan fingerprint density at radius 3 is 2.33 bits per heavy atom. The first kappa shape index (κ1) is 13.7. The minimum Gasteiger partial charge on any atom is -0.507 e. The molecule has 0 atom stereocenters. The molecule has 1 nitrogen and oxygen atoms in total. The second kappa shape index (κ2) is 4.92. The molecule has 0 aromatic heterocycles. The van der Waals surface area contributed by atoms with Crippen LogP contribution in [0.15, 0.2) is 64.3 Å². The normalized spacial score (nSPS) is 17.7. The third-order valence-corrected chi connectivity index (χ3v) is 4.17. The van der Waals surface area contributed by atoms with Crippen molar-refractivity contribution in [2.24, 2.45) is 0 Å². The van der Waals surface area contributed by atoms with Crippen molar-refractivity contribution in [2.75, 3.05) is 0 Å². The van der Waals surface area contributed by atoms with Gasteiger partial charge in [-0.3, -0.25) is 0 Å². The van der Waals surface area contributed by atoms with E-state index in [0.29, 0.717) is 5.75 Å². The largest absolute Gasteiger partial charge is 0.507 e. The van der Waals surface area contributed by atoms with Gasteiger partial charge in [-0.2, -0.15) is 0 Å². The maximum absolute atomic E-state index is 10.2. The highest BCUT2D eigenvalue weighted by atomic mass is 16.3. The molecule has 1 aromatic carbocycles. The van der Waals surface area contributed by atoms with Crippen LogP contribution in [0.25, 0.3) is 11.6 Å². The Bertz CT molecular complexity index is 871. The Hall–Kier alpha value is -2.28. The molecule has 0 saturated heterocycles. The van der Waals surface area contributed by atoms with Gasteiger partial charge in [-0.1, -0.05) is 42.0 Å². The molecule has 3 rings (SSSR count). The molecule has 2 aliphatic rings. The molecule has 0 spiro atoms. The molecular formula is C20H20O. The molecular weight excluding hydrogens is 256 g/mol. The summed E-state index contributed by atoms with van der Waals surface area (Å²) in [5.74, 6) is 0.338. The van der Waals surface area contributed by atoms with E-state index in [4.69, 9.17) is 0 Å². The van der Waals surface area contributed by atoms with Crippen LogP contribution in [0, 0.1) is 0 Å². The molecule has 1 heteroatoms. The van der Waals surface area contributed by atoms with E-state index in [1.165, 1.54) is 33.4 Å². The molecule has 0 saturated carbocycles. The summed E-state index contributed by atoms with van der Waals surface area (Å²) in [4.78, 5) is 0. The maximum atomic E-state index is 10.2. The average Bonchev–Trinajstić information content (AvgIpc) is 2.62. The van der Waals surface area contributed by atoms with Crippen molar-refractivity contribution in [1.82, 2.24) is 0 Å². The Balaban J connectivity index is 2.59. The molecule has 0 aliphatic heterocycles. The third-order valence-electron chi connectivity index (χ3n) is 4.17.